The number of benzene rings is 1. The Bertz CT molecular complexity index is 833. The molecule has 7 nitrogen and oxygen atoms in total. The molecule has 0 aliphatic rings. The first-order valence-corrected chi connectivity index (χ1v) is 10.1. The SMILES string of the molecule is CC(C)C[C@@H](CO)NC(=O)[C@H](CC(C)C)NC(=O)c1cc(-c2ccc(F)cc2)on1. The molecule has 2 rings (SSSR count). The van der Waals surface area contributed by atoms with Crippen molar-refractivity contribution in [1.29, 1.82) is 0 Å². The van der Waals surface area contributed by atoms with Crippen LogP contribution in [0.15, 0.2) is 34.9 Å². The van der Waals surface area contributed by atoms with E-state index in [2.05, 4.69) is 15.8 Å². The van der Waals surface area contributed by atoms with Gasteiger partial charge in [0, 0.05) is 11.6 Å². The van der Waals surface area contributed by atoms with E-state index in [1.807, 2.05) is 27.7 Å². The molecule has 1 aromatic heterocycles. The molecule has 2 amide bonds. The fraction of sp³-hybridized carbons (Fsp3) is 0.500. The van der Waals surface area contributed by atoms with Gasteiger partial charge in [-0.05, 0) is 48.9 Å². The number of aliphatic hydroxyl groups is 1. The summed E-state index contributed by atoms with van der Waals surface area (Å²) in [5, 5.41) is 18.8. The summed E-state index contributed by atoms with van der Waals surface area (Å²) >= 11 is 0. The number of nitrogens with zero attached hydrogens (tertiary/aromatic N) is 1. The average molecular weight is 419 g/mol. The summed E-state index contributed by atoms with van der Waals surface area (Å²) in [6.07, 6.45) is 1.06. The monoisotopic (exact) mass is 419 g/mol. The molecule has 0 aliphatic carbocycles. The quantitative estimate of drug-likeness (QED) is 0.549. The van der Waals surface area contributed by atoms with Gasteiger partial charge in [0.05, 0.1) is 12.6 Å². The third kappa shape index (κ3) is 6.95. The van der Waals surface area contributed by atoms with Gasteiger partial charge in [-0.1, -0.05) is 32.9 Å². The number of amides is 2. The van der Waals surface area contributed by atoms with Crippen LogP contribution in [0.25, 0.3) is 11.3 Å². The summed E-state index contributed by atoms with van der Waals surface area (Å²) in [6.45, 7) is 7.74. The summed E-state index contributed by atoms with van der Waals surface area (Å²) in [5.74, 6) is -0.484. The second kappa shape index (κ2) is 10.9. The first-order valence-electron chi connectivity index (χ1n) is 10.1. The third-order valence-electron chi connectivity index (χ3n) is 4.52. The molecule has 0 saturated heterocycles. The van der Waals surface area contributed by atoms with Crippen LogP contribution in [0.2, 0.25) is 0 Å². The number of aliphatic hydroxyl groups excluding tert-OH is 1. The molecule has 1 heterocycles. The highest BCUT2D eigenvalue weighted by Crippen LogP contribution is 2.20. The Balaban J connectivity index is 2.09. The summed E-state index contributed by atoms with van der Waals surface area (Å²) in [6, 6.07) is 5.92. The van der Waals surface area contributed by atoms with Crippen molar-refractivity contribution in [3.8, 4) is 11.3 Å². The van der Waals surface area contributed by atoms with Crippen molar-refractivity contribution in [3.63, 3.8) is 0 Å². The predicted octanol–water partition coefficient (Wildman–Crippen LogP) is 3.15. The molecule has 3 N–H and O–H groups in total. The van der Waals surface area contributed by atoms with Crippen LogP contribution in [0.5, 0.6) is 0 Å². The Labute approximate surface area is 176 Å². The number of aromatic nitrogens is 1. The second-order valence-corrected chi connectivity index (χ2v) is 8.26. The van der Waals surface area contributed by atoms with Crippen LogP contribution in [0.3, 0.4) is 0 Å². The van der Waals surface area contributed by atoms with Crippen LogP contribution in [0, 0.1) is 17.7 Å². The lowest BCUT2D eigenvalue weighted by Gasteiger charge is -2.24. The predicted molar refractivity (Wildman–Crippen MR) is 111 cm³/mol. The Hall–Kier alpha value is -2.74. The van der Waals surface area contributed by atoms with Crippen molar-refractivity contribution >= 4 is 11.8 Å². The minimum absolute atomic E-state index is 0.0248. The van der Waals surface area contributed by atoms with Gasteiger partial charge in [-0.3, -0.25) is 9.59 Å². The maximum absolute atomic E-state index is 13.1. The highest BCUT2D eigenvalue weighted by molar-refractivity contribution is 5.96. The molecule has 0 fully saturated rings. The molecule has 164 valence electrons. The zero-order chi connectivity index (χ0) is 22.3. The number of hydrogen-bond donors (Lipinski definition) is 3. The summed E-state index contributed by atoms with van der Waals surface area (Å²) in [7, 11) is 0. The molecule has 0 bridgehead atoms. The van der Waals surface area contributed by atoms with Crippen LogP contribution in [-0.4, -0.2) is 40.8 Å². The number of halogens is 1. The average Bonchev–Trinajstić information content (AvgIpc) is 3.17. The molecular weight excluding hydrogens is 389 g/mol. The lowest BCUT2D eigenvalue weighted by atomic mass is 10.0. The van der Waals surface area contributed by atoms with Gasteiger partial charge in [-0.25, -0.2) is 4.39 Å². The second-order valence-electron chi connectivity index (χ2n) is 8.26. The molecule has 0 aliphatic heterocycles. The molecular formula is C22H30FN3O4. The number of nitrogens with one attached hydrogen (secondary N) is 2. The Kier molecular flexibility index (Phi) is 8.53. The van der Waals surface area contributed by atoms with Gasteiger partial charge in [0.1, 0.15) is 11.9 Å². The fourth-order valence-corrected chi connectivity index (χ4v) is 3.12. The smallest absolute Gasteiger partial charge is 0.274 e. The molecule has 0 radical (unpaired) electrons. The van der Waals surface area contributed by atoms with Crippen molar-refractivity contribution in [2.75, 3.05) is 6.61 Å². The highest BCUT2D eigenvalue weighted by atomic mass is 19.1. The topological polar surface area (TPSA) is 104 Å². The molecule has 1 aromatic carbocycles. The van der Waals surface area contributed by atoms with E-state index in [-0.39, 0.29) is 36.0 Å². The van der Waals surface area contributed by atoms with Crippen LogP contribution in [0.4, 0.5) is 4.39 Å². The summed E-state index contributed by atoms with van der Waals surface area (Å²) in [5.41, 5.74) is 0.607. The molecule has 0 spiro atoms. The van der Waals surface area contributed by atoms with E-state index >= 15 is 0 Å². The van der Waals surface area contributed by atoms with E-state index in [0.717, 1.165) is 0 Å². The van der Waals surface area contributed by atoms with Crippen LogP contribution >= 0.6 is 0 Å². The largest absolute Gasteiger partial charge is 0.394 e. The lowest BCUT2D eigenvalue weighted by Crippen LogP contribution is -2.51. The van der Waals surface area contributed by atoms with Crippen molar-refractivity contribution in [1.82, 2.24) is 15.8 Å². The molecule has 8 heteroatoms. The maximum atomic E-state index is 13.1. The molecule has 30 heavy (non-hydrogen) atoms. The Morgan fingerprint density at radius 1 is 1.07 bits per heavy atom. The van der Waals surface area contributed by atoms with E-state index in [4.69, 9.17) is 4.52 Å². The van der Waals surface area contributed by atoms with Crippen molar-refractivity contribution in [3.05, 3.63) is 41.8 Å². The van der Waals surface area contributed by atoms with Crippen molar-refractivity contribution in [2.24, 2.45) is 11.8 Å². The minimum atomic E-state index is -0.773. The van der Waals surface area contributed by atoms with Crippen molar-refractivity contribution in [2.45, 2.75) is 52.6 Å². The molecule has 2 atom stereocenters. The Morgan fingerprint density at radius 2 is 1.70 bits per heavy atom. The highest BCUT2D eigenvalue weighted by Gasteiger charge is 2.26. The zero-order valence-electron chi connectivity index (χ0n) is 17.8. The number of rotatable bonds is 10. The lowest BCUT2D eigenvalue weighted by molar-refractivity contribution is -0.124. The first kappa shape index (κ1) is 23.5. The number of carbonyl (C=O) groups excluding carboxylic acids is 2. The maximum Gasteiger partial charge on any atom is 0.274 e. The van der Waals surface area contributed by atoms with Gasteiger partial charge in [-0.2, -0.15) is 0 Å². The van der Waals surface area contributed by atoms with Gasteiger partial charge in [-0.15, -0.1) is 0 Å². The molecule has 0 unspecified atom stereocenters. The van der Waals surface area contributed by atoms with E-state index in [1.54, 1.807) is 0 Å². The van der Waals surface area contributed by atoms with E-state index in [9.17, 15) is 19.1 Å². The summed E-state index contributed by atoms with van der Waals surface area (Å²) < 4.78 is 18.3. The number of carbonyl (C=O) groups is 2. The molecule has 0 saturated carbocycles. The standard InChI is InChI=1S/C22H30FN3O4/c1-13(2)9-17(12-27)24-21(28)18(10-14(3)4)25-22(29)19-11-20(30-26-19)15-5-7-16(23)8-6-15/h5-8,11,13-14,17-18,27H,9-10,12H2,1-4H3,(H,24,28)(H,25,29)/t17-,18-/m0/s1. The van der Waals surface area contributed by atoms with Gasteiger partial charge in [0.25, 0.3) is 5.91 Å². The number of hydrogen-bond acceptors (Lipinski definition) is 5. The minimum Gasteiger partial charge on any atom is -0.394 e. The van der Waals surface area contributed by atoms with Crippen LogP contribution < -0.4 is 10.6 Å². The van der Waals surface area contributed by atoms with E-state index < -0.39 is 11.9 Å². The van der Waals surface area contributed by atoms with Crippen molar-refractivity contribution < 1.29 is 23.6 Å². The third-order valence-corrected chi connectivity index (χ3v) is 4.52. The fourth-order valence-electron chi connectivity index (χ4n) is 3.12. The summed E-state index contributed by atoms with van der Waals surface area (Å²) in [4.78, 5) is 25.4. The zero-order valence-corrected chi connectivity index (χ0v) is 17.8. The van der Waals surface area contributed by atoms with Crippen LogP contribution in [-0.2, 0) is 4.79 Å². The normalized spacial score (nSPS) is 13.3. The first-order chi connectivity index (χ1) is 14.2. The van der Waals surface area contributed by atoms with E-state index in [1.165, 1.54) is 30.3 Å². The van der Waals surface area contributed by atoms with Gasteiger partial charge in [0.15, 0.2) is 11.5 Å². The van der Waals surface area contributed by atoms with Gasteiger partial charge in [0.2, 0.25) is 5.91 Å². The molecule has 2 aromatic rings. The Morgan fingerprint density at radius 3 is 2.27 bits per heavy atom. The van der Waals surface area contributed by atoms with E-state index in [0.29, 0.717) is 30.1 Å². The van der Waals surface area contributed by atoms with Crippen LogP contribution in [0.1, 0.15) is 51.0 Å². The van der Waals surface area contributed by atoms with Gasteiger partial charge >= 0.3 is 0 Å². The van der Waals surface area contributed by atoms with Gasteiger partial charge < -0.3 is 20.3 Å².